The van der Waals surface area contributed by atoms with Crippen molar-refractivity contribution in [3.63, 3.8) is 0 Å². The molecule has 0 aromatic heterocycles. The average Bonchev–Trinajstić information content (AvgIpc) is 2.68. The van der Waals surface area contributed by atoms with Gasteiger partial charge in [-0.2, -0.15) is 0 Å². The standard InChI is InChI=1S/C23H28ClNO3/c1-3-28-21-6-4-5-18(16-21)22(15-17(2)26)25-13-11-23(27,12-14-25)19-7-9-20(24)10-8-19/h4-10,16,22,27H,3,11-15H2,1-2H3. The Morgan fingerprint density at radius 2 is 1.89 bits per heavy atom. The van der Waals surface area contributed by atoms with Crippen molar-refractivity contribution in [1.82, 2.24) is 4.90 Å². The Balaban J connectivity index is 1.77. The lowest BCUT2D eigenvalue weighted by atomic mass is 9.83. The summed E-state index contributed by atoms with van der Waals surface area (Å²) in [5.74, 6) is 0.980. The van der Waals surface area contributed by atoms with Crippen LogP contribution in [0, 0.1) is 0 Å². The zero-order chi connectivity index (χ0) is 20.1. The number of hydrogen-bond donors (Lipinski definition) is 1. The SMILES string of the molecule is CCOc1cccc(C(CC(C)=O)N2CCC(O)(c3ccc(Cl)cc3)CC2)c1. The summed E-state index contributed by atoms with van der Waals surface area (Å²) in [5.41, 5.74) is 1.13. The van der Waals surface area contributed by atoms with Crippen LogP contribution >= 0.6 is 11.6 Å². The van der Waals surface area contributed by atoms with E-state index >= 15 is 0 Å². The molecular formula is C23H28ClNO3. The molecule has 5 heteroatoms. The van der Waals surface area contributed by atoms with E-state index in [9.17, 15) is 9.90 Å². The summed E-state index contributed by atoms with van der Waals surface area (Å²) in [7, 11) is 0. The molecular weight excluding hydrogens is 374 g/mol. The molecule has 1 fully saturated rings. The summed E-state index contributed by atoms with van der Waals surface area (Å²) in [6.45, 7) is 5.64. The van der Waals surface area contributed by atoms with Crippen LogP contribution in [0.4, 0.5) is 0 Å². The van der Waals surface area contributed by atoms with Crippen molar-refractivity contribution >= 4 is 17.4 Å². The van der Waals surface area contributed by atoms with Crippen molar-refractivity contribution in [1.29, 1.82) is 0 Å². The summed E-state index contributed by atoms with van der Waals surface area (Å²) >= 11 is 5.98. The molecule has 150 valence electrons. The summed E-state index contributed by atoms with van der Waals surface area (Å²) in [5, 5.41) is 11.8. The molecule has 28 heavy (non-hydrogen) atoms. The van der Waals surface area contributed by atoms with Gasteiger partial charge in [-0.15, -0.1) is 0 Å². The Kier molecular flexibility index (Phi) is 6.76. The largest absolute Gasteiger partial charge is 0.494 e. The molecule has 0 amide bonds. The maximum atomic E-state index is 11.9. The number of aliphatic hydroxyl groups is 1. The Bertz CT molecular complexity index is 798. The van der Waals surface area contributed by atoms with Gasteiger partial charge in [0.15, 0.2) is 0 Å². The van der Waals surface area contributed by atoms with Crippen LogP contribution in [0.15, 0.2) is 48.5 Å². The first-order valence-corrected chi connectivity index (χ1v) is 10.2. The maximum Gasteiger partial charge on any atom is 0.131 e. The second-order valence-electron chi connectivity index (χ2n) is 7.50. The van der Waals surface area contributed by atoms with Crippen LogP contribution in [0.2, 0.25) is 5.02 Å². The van der Waals surface area contributed by atoms with Crippen molar-refractivity contribution in [2.75, 3.05) is 19.7 Å². The zero-order valence-electron chi connectivity index (χ0n) is 16.5. The second kappa shape index (κ2) is 9.08. The number of ether oxygens (including phenoxy) is 1. The van der Waals surface area contributed by atoms with Gasteiger partial charge in [-0.25, -0.2) is 0 Å². The van der Waals surface area contributed by atoms with Crippen LogP contribution in [-0.2, 0) is 10.4 Å². The molecule has 0 radical (unpaired) electrons. The lowest BCUT2D eigenvalue weighted by molar-refractivity contribution is -0.118. The van der Waals surface area contributed by atoms with E-state index in [0.29, 0.717) is 30.9 Å². The smallest absolute Gasteiger partial charge is 0.131 e. The molecule has 1 aliphatic rings. The number of likely N-dealkylation sites (tertiary alicyclic amines) is 1. The number of carbonyl (C=O) groups excluding carboxylic acids is 1. The topological polar surface area (TPSA) is 49.8 Å². The van der Waals surface area contributed by atoms with Crippen molar-refractivity contribution in [2.24, 2.45) is 0 Å². The molecule has 1 unspecified atom stereocenters. The summed E-state index contributed by atoms with van der Waals surface area (Å²) < 4.78 is 5.64. The third-order valence-electron chi connectivity index (χ3n) is 5.48. The molecule has 0 aliphatic carbocycles. The lowest BCUT2D eigenvalue weighted by Crippen LogP contribution is -2.44. The number of halogens is 1. The lowest BCUT2D eigenvalue weighted by Gasteiger charge is -2.42. The molecule has 1 aliphatic heterocycles. The number of piperidine rings is 1. The highest BCUT2D eigenvalue weighted by Crippen LogP contribution is 2.37. The van der Waals surface area contributed by atoms with E-state index in [1.165, 1.54) is 0 Å². The van der Waals surface area contributed by atoms with Crippen LogP contribution in [0.3, 0.4) is 0 Å². The monoisotopic (exact) mass is 401 g/mol. The number of hydrogen-bond acceptors (Lipinski definition) is 4. The summed E-state index contributed by atoms with van der Waals surface area (Å²) in [6.07, 6.45) is 1.69. The van der Waals surface area contributed by atoms with E-state index in [1.54, 1.807) is 6.92 Å². The van der Waals surface area contributed by atoms with Crippen molar-refractivity contribution in [2.45, 2.75) is 44.8 Å². The van der Waals surface area contributed by atoms with E-state index in [1.807, 2.05) is 49.4 Å². The maximum absolute atomic E-state index is 11.9. The van der Waals surface area contributed by atoms with Crippen molar-refractivity contribution in [3.8, 4) is 5.75 Å². The van der Waals surface area contributed by atoms with Gasteiger partial charge < -0.3 is 9.84 Å². The van der Waals surface area contributed by atoms with Gasteiger partial charge in [0.2, 0.25) is 0 Å². The number of nitrogens with zero attached hydrogens (tertiary/aromatic N) is 1. The van der Waals surface area contributed by atoms with E-state index in [0.717, 1.165) is 30.0 Å². The van der Waals surface area contributed by atoms with E-state index in [4.69, 9.17) is 16.3 Å². The minimum atomic E-state index is -0.852. The number of benzene rings is 2. The molecule has 1 N–H and O–H groups in total. The third-order valence-corrected chi connectivity index (χ3v) is 5.73. The highest BCUT2D eigenvalue weighted by Gasteiger charge is 2.36. The summed E-state index contributed by atoms with van der Waals surface area (Å²) in [4.78, 5) is 14.2. The molecule has 4 nitrogen and oxygen atoms in total. The number of Topliss-reactive ketones (excluding diaryl/α,β-unsaturated/α-hetero) is 1. The minimum Gasteiger partial charge on any atom is -0.494 e. The van der Waals surface area contributed by atoms with E-state index in [-0.39, 0.29) is 11.8 Å². The molecule has 2 aromatic carbocycles. The Morgan fingerprint density at radius 3 is 2.50 bits per heavy atom. The predicted octanol–water partition coefficient (Wildman–Crippen LogP) is 4.74. The number of rotatable bonds is 7. The van der Waals surface area contributed by atoms with Crippen LogP contribution in [0.1, 0.15) is 50.3 Å². The van der Waals surface area contributed by atoms with Gasteiger partial charge in [0, 0.05) is 30.6 Å². The third kappa shape index (κ3) is 4.93. The fraction of sp³-hybridized carbons (Fsp3) is 0.435. The molecule has 0 saturated carbocycles. The highest BCUT2D eigenvalue weighted by molar-refractivity contribution is 6.30. The Labute approximate surface area is 172 Å². The summed E-state index contributed by atoms with van der Waals surface area (Å²) in [6, 6.07) is 15.4. The Morgan fingerprint density at radius 1 is 1.21 bits per heavy atom. The zero-order valence-corrected chi connectivity index (χ0v) is 17.3. The number of ketones is 1. The fourth-order valence-corrected chi connectivity index (χ4v) is 4.09. The highest BCUT2D eigenvalue weighted by atomic mass is 35.5. The van der Waals surface area contributed by atoms with Crippen molar-refractivity contribution < 1.29 is 14.6 Å². The van der Waals surface area contributed by atoms with Gasteiger partial charge in [-0.1, -0.05) is 35.9 Å². The first kappa shape index (κ1) is 20.8. The molecule has 2 aromatic rings. The van der Waals surface area contributed by atoms with Gasteiger partial charge in [-0.05, 0) is 62.1 Å². The molecule has 1 atom stereocenters. The molecule has 1 saturated heterocycles. The Hall–Kier alpha value is -1.88. The first-order valence-electron chi connectivity index (χ1n) is 9.86. The first-order chi connectivity index (χ1) is 13.4. The minimum absolute atomic E-state index is 0.00678. The van der Waals surface area contributed by atoms with E-state index in [2.05, 4.69) is 11.0 Å². The van der Waals surface area contributed by atoms with Gasteiger partial charge in [-0.3, -0.25) is 9.69 Å². The second-order valence-corrected chi connectivity index (χ2v) is 7.94. The molecule has 0 bridgehead atoms. The van der Waals surface area contributed by atoms with Gasteiger partial charge in [0.25, 0.3) is 0 Å². The number of carbonyl (C=O) groups is 1. The van der Waals surface area contributed by atoms with Gasteiger partial charge in [0.05, 0.1) is 12.2 Å². The van der Waals surface area contributed by atoms with Gasteiger partial charge >= 0.3 is 0 Å². The average molecular weight is 402 g/mol. The molecule has 0 spiro atoms. The van der Waals surface area contributed by atoms with E-state index < -0.39 is 5.60 Å². The molecule has 3 rings (SSSR count). The van der Waals surface area contributed by atoms with Crippen molar-refractivity contribution in [3.05, 3.63) is 64.7 Å². The van der Waals surface area contributed by atoms with Crippen LogP contribution in [0.5, 0.6) is 5.75 Å². The van der Waals surface area contributed by atoms with Crippen LogP contribution in [-0.4, -0.2) is 35.5 Å². The normalized spacial score (nSPS) is 17.9. The van der Waals surface area contributed by atoms with Gasteiger partial charge in [0.1, 0.15) is 11.5 Å². The quantitative estimate of drug-likeness (QED) is 0.727. The molecule has 1 heterocycles. The van der Waals surface area contributed by atoms with Crippen LogP contribution in [0.25, 0.3) is 0 Å². The predicted molar refractivity (Wildman–Crippen MR) is 112 cm³/mol. The van der Waals surface area contributed by atoms with Crippen LogP contribution < -0.4 is 4.74 Å². The fourth-order valence-electron chi connectivity index (χ4n) is 3.96.